The van der Waals surface area contributed by atoms with E-state index in [9.17, 15) is 0 Å². The first-order chi connectivity index (χ1) is 9.31. The largest absolute Gasteiger partial charge is 0.486 e. The minimum absolute atomic E-state index is 0.289. The lowest BCUT2D eigenvalue weighted by atomic mass is 10.1. The predicted molar refractivity (Wildman–Crippen MR) is 74.8 cm³/mol. The van der Waals surface area contributed by atoms with Gasteiger partial charge in [-0.1, -0.05) is 6.07 Å². The van der Waals surface area contributed by atoms with Crippen molar-refractivity contribution in [3.8, 4) is 11.5 Å². The molecule has 1 aliphatic heterocycles. The van der Waals surface area contributed by atoms with Gasteiger partial charge in [0, 0.05) is 12.6 Å². The van der Waals surface area contributed by atoms with E-state index in [2.05, 4.69) is 24.4 Å². The molecule has 4 nitrogen and oxygen atoms in total. The summed E-state index contributed by atoms with van der Waals surface area (Å²) in [6, 6.07) is 6.41. The smallest absolute Gasteiger partial charge is 0.161 e. The average molecular weight is 265 g/mol. The molecule has 0 aromatic heterocycles. The third kappa shape index (κ3) is 4.11. The van der Waals surface area contributed by atoms with E-state index in [0.717, 1.165) is 37.3 Å². The van der Waals surface area contributed by atoms with Crippen LogP contribution in [0.25, 0.3) is 0 Å². The molecule has 1 unspecified atom stereocenters. The van der Waals surface area contributed by atoms with Crippen molar-refractivity contribution in [2.24, 2.45) is 0 Å². The van der Waals surface area contributed by atoms with Crippen molar-refractivity contribution in [2.45, 2.75) is 32.2 Å². The van der Waals surface area contributed by atoms with Crippen molar-refractivity contribution in [3.05, 3.63) is 23.8 Å². The minimum Gasteiger partial charge on any atom is -0.486 e. The molecular formula is C15H23NO3. The first kappa shape index (κ1) is 14.2. The Labute approximate surface area is 114 Å². The normalized spacial score (nSPS) is 15.3. The number of hydrogen-bond donors (Lipinski definition) is 2. The molecule has 0 radical (unpaired) electrons. The maximum Gasteiger partial charge on any atom is 0.161 e. The Balaban J connectivity index is 1.83. The maximum absolute atomic E-state index is 8.72. The van der Waals surface area contributed by atoms with E-state index in [0.29, 0.717) is 19.3 Å². The van der Waals surface area contributed by atoms with Crippen LogP contribution < -0.4 is 14.8 Å². The molecule has 1 atom stereocenters. The molecular weight excluding hydrogens is 242 g/mol. The van der Waals surface area contributed by atoms with Gasteiger partial charge in [0.25, 0.3) is 0 Å². The van der Waals surface area contributed by atoms with Crippen molar-refractivity contribution in [1.82, 2.24) is 5.32 Å². The van der Waals surface area contributed by atoms with E-state index in [-0.39, 0.29) is 6.61 Å². The Kier molecular flexibility index (Phi) is 5.48. The highest BCUT2D eigenvalue weighted by atomic mass is 16.6. The first-order valence-electron chi connectivity index (χ1n) is 7.05. The standard InChI is InChI=1S/C15H23NO3/c1-12(16-7-3-2-4-8-17)13-5-6-14-15(11-13)19-10-9-18-14/h5-6,11-12,16-17H,2-4,7-10H2,1H3. The number of fused-ring (bicyclic) bond motifs is 1. The quantitative estimate of drug-likeness (QED) is 0.743. The predicted octanol–water partition coefficient (Wildman–Crippen LogP) is 2.27. The van der Waals surface area contributed by atoms with Crippen LogP contribution in [0.3, 0.4) is 0 Å². The molecule has 0 amide bonds. The van der Waals surface area contributed by atoms with E-state index >= 15 is 0 Å². The van der Waals surface area contributed by atoms with Crippen molar-refractivity contribution in [3.63, 3.8) is 0 Å². The van der Waals surface area contributed by atoms with Crippen LogP contribution >= 0.6 is 0 Å². The molecule has 4 heteroatoms. The molecule has 0 fully saturated rings. The van der Waals surface area contributed by atoms with Gasteiger partial charge in [0.15, 0.2) is 11.5 Å². The molecule has 0 bridgehead atoms. The van der Waals surface area contributed by atoms with Gasteiger partial charge in [-0.25, -0.2) is 0 Å². The summed E-state index contributed by atoms with van der Waals surface area (Å²) in [5.74, 6) is 1.68. The third-order valence-electron chi connectivity index (χ3n) is 3.35. The van der Waals surface area contributed by atoms with Crippen LogP contribution in [0.15, 0.2) is 18.2 Å². The molecule has 1 aromatic rings. The lowest BCUT2D eigenvalue weighted by molar-refractivity contribution is 0.171. The fourth-order valence-corrected chi connectivity index (χ4v) is 2.18. The lowest BCUT2D eigenvalue weighted by Gasteiger charge is -2.21. The monoisotopic (exact) mass is 265 g/mol. The zero-order valence-corrected chi connectivity index (χ0v) is 11.5. The molecule has 2 rings (SSSR count). The van der Waals surface area contributed by atoms with Crippen molar-refractivity contribution >= 4 is 0 Å². The van der Waals surface area contributed by atoms with E-state index in [1.165, 1.54) is 5.56 Å². The van der Waals surface area contributed by atoms with Gasteiger partial charge in [0.1, 0.15) is 13.2 Å². The fraction of sp³-hybridized carbons (Fsp3) is 0.600. The van der Waals surface area contributed by atoms with Gasteiger partial charge in [-0.05, 0) is 50.4 Å². The summed E-state index contributed by atoms with van der Waals surface area (Å²) >= 11 is 0. The Morgan fingerprint density at radius 1 is 1.16 bits per heavy atom. The second-order valence-corrected chi connectivity index (χ2v) is 4.86. The molecule has 106 valence electrons. The van der Waals surface area contributed by atoms with E-state index < -0.39 is 0 Å². The molecule has 1 aromatic carbocycles. The zero-order chi connectivity index (χ0) is 13.5. The molecule has 0 aliphatic carbocycles. The number of rotatable bonds is 7. The number of hydrogen-bond acceptors (Lipinski definition) is 4. The minimum atomic E-state index is 0.289. The fourth-order valence-electron chi connectivity index (χ4n) is 2.18. The van der Waals surface area contributed by atoms with Crippen LogP contribution in [0.4, 0.5) is 0 Å². The number of ether oxygens (including phenoxy) is 2. The topological polar surface area (TPSA) is 50.7 Å². The maximum atomic E-state index is 8.72. The summed E-state index contributed by atoms with van der Waals surface area (Å²) in [6.07, 6.45) is 3.05. The summed E-state index contributed by atoms with van der Waals surface area (Å²) < 4.78 is 11.1. The number of unbranched alkanes of at least 4 members (excludes halogenated alkanes) is 2. The van der Waals surface area contributed by atoms with Crippen molar-refractivity contribution in [2.75, 3.05) is 26.4 Å². The van der Waals surface area contributed by atoms with Gasteiger partial charge in [0.05, 0.1) is 0 Å². The van der Waals surface area contributed by atoms with Gasteiger partial charge >= 0.3 is 0 Å². The van der Waals surface area contributed by atoms with Crippen molar-refractivity contribution < 1.29 is 14.6 Å². The van der Waals surface area contributed by atoms with Gasteiger partial charge in [-0.3, -0.25) is 0 Å². The Bertz CT molecular complexity index is 395. The van der Waals surface area contributed by atoms with Crippen LogP contribution in [-0.4, -0.2) is 31.5 Å². The lowest BCUT2D eigenvalue weighted by Crippen LogP contribution is -2.21. The first-order valence-corrected chi connectivity index (χ1v) is 7.05. The second-order valence-electron chi connectivity index (χ2n) is 4.86. The Hall–Kier alpha value is -1.26. The summed E-state index contributed by atoms with van der Waals surface area (Å²) in [4.78, 5) is 0. The van der Waals surface area contributed by atoms with Gasteiger partial charge in [-0.2, -0.15) is 0 Å². The summed E-state index contributed by atoms with van der Waals surface area (Å²) in [5.41, 5.74) is 1.21. The molecule has 1 heterocycles. The Morgan fingerprint density at radius 3 is 2.74 bits per heavy atom. The van der Waals surface area contributed by atoms with Crippen LogP contribution in [0.5, 0.6) is 11.5 Å². The van der Waals surface area contributed by atoms with Crippen LogP contribution in [0.2, 0.25) is 0 Å². The molecule has 0 saturated carbocycles. The molecule has 0 spiro atoms. The van der Waals surface area contributed by atoms with Crippen LogP contribution in [0, 0.1) is 0 Å². The SMILES string of the molecule is CC(NCCCCCO)c1ccc2c(c1)OCCO2. The third-order valence-corrected chi connectivity index (χ3v) is 3.35. The van der Waals surface area contributed by atoms with E-state index in [1.54, 1.807) is 0 Å². The van der Waals surface area contributed by atoms with E-state index in [1.807, 2.05) is 6.07 Å². The van der Waals surface area contributed by atoms with Gasteiger partial charge < -0.3 is 19.9 Å². The highest BCUT2D eigenvalue weighted by Crippen LogP contribution is 2.32. The molecule has 1 aliphatic rings. The molecule has 0 saturated heterocycles. The number of aliphatic hydroxyl groups is 1. The number of benzene rings is 1. The number of nitrogens with one attached hydrogen (secondary N) is 1. The van der Waals surface area contributed by atoms with Crippen LogP contribution in [-0.2, 0) is 0 Å². The second kappa shape index (κ2) is 7.36. The highest BCUT2D eigenvalue weighted by molar-refractivity contribution is 5.44. The summed E-state index contributed by atoms with van der Waals surface area (Å²) in [7, 11) is 0. The summed E-state index contributed by atoms with van der Waals surface area (Å²) in [6.45, 7) is 4.66. The van der Waals surface area contributed by atoms with E-state index in [4.69, 9.17) is 14.6 Å². The summed E-state index contributed by atoms with van der Waals surface area (Å²) in [5, 5.41) is 12.2. The highest BCUT2D eigenvalue weighted by Gasteiger charge is 2.13. The average Bonchev–Trinajstić information content (AvgIpc) is 2.46. The van der Waals surface area contributed by atoms with Crippen molar-refractivity contribution in [1.29, 1.82) is 0 Å². The molecule has 19 heavy (non-hydrogen) atoms. The van der Waals surface area contributed by atoms with Gasteiger partial charge in [0.2, 0.25) is 0 Å². The van der Waals surface area contributed by atoms with Crippen LogP contribution in [0.1, 0.15) is 37.8 Å². The van der Waals surface area contributed by atoms with Gasteiger partial charge in [-0.15, -0.1) is 0 Å². The Morgan fingerprint density at radius 2 is 1.95 bits per heavy atom. The zero-order valence-electron chi connectivity index (χ0n) is 11.5. The molecule has 2 N–H and O–H groups in total. The number of aliphatic hydroxyl groups excluding tert-OH is 1.